The predicted molar refractivity (Wildman–Crippen MR) is 48.4 cm³/mol. The minimum Gasteiger partial charge on any atom is -0.352 e. The molecule has 18 heavy (non-hydrogen) atoms. The van der Waals surface area contributed by atoms with Crippen LogP contribution < -0.4 is 11.5 Å². The molecule has 0 aliphatic rings. The van der Waals surface area contributed by atoms with E-state index in [9.17, 15) is 0 Å². The zero-order valence-electron chi connectivity index (χ0n) is 8.29. The number of nitrogens with zero attached hydrogens (tertiary/aromatic N) is 4. The Labute approximate surface area is 96.6 Å². The van der Waals surface area contributed by atoms with Crippen molar-refractivity contribution in [1.29, 1.82) is 10.8 Å². The number of nitrogens with one attached hydrogen (secondary N) is 2. The van der Waals surface area contributed by atoms with E-state index in [-0.39, 0.29) is 0 Å². The van der Waals surface area contributed by atoms with Gasteiger partial charge < -0.3 is 21.9 Å². The summed E-state index contributed by atoms with van der Waals surface area (Å²) in [5.74, 6) is 0. The van der Waals surface area contributed by atoms with Gasteiger partial charge in [0.15, 0.2) is 0 Å². The van der Waals surface area contributed by atoms with Gasteiger partial charge in [0.05, 0.1) is 10.6 Å². The van der Waals surface area contributed by atoms with Crippen molar-refractivity contribution in [2.24, 2.45) is 22.0 Å². The fourth-order valence-electron chi connectivity index (χ4n) is 0.121. The third-order valence-corrected chi connectivity index (χ3v) is 0.312. The average molecular weight is 272 g/mol. The first kappa shape index (κ1) is 20.0. The summed E-state index contributed by atoms with van der Waals surface area (Å²) in [5, 5.41) is 45.6. The van der Waals surface area contributed by atoms with E-state index in [2.05, 4.69) is 31.7 Å². The van der Waals surface area contributed by atoms with E-state index in [1.54, 1.807) is 0 Å². The number of hydrogen-bond acceptors (Lipinski definition) is 10. The molecule has 0 bridgehead atoms. The lowest BCUT2D eigenvalue weighted by molar-refractivity contribution is -0.742. The Morgan fingerprint density at radius 3 is 1.28 bits per heavy atom. The van der Waals surface area contributed by atoms with Crippen LogP contribution in [0.2, 0.25) is 0 Å². The van der Waals surface area contributed by atoms with Crippen LogP contribution in [0.5, 0.6) is 0 Å². The Hall–Kier alpha value is -3.46. The van der Waals surface area contributed by atoms with Crippen LogP contribution in [0.15, 0.2) is 10.6 Å². The van der Waals surface area contributed by atoms with Gasteiger partial charge in [-0.1, -0.05) is 0 Å². The molecule has 0 unspecified atom stereocenters. The largest absolute Gasteiger partial charge is 0.352 e. The molecule has 0 saturated heterocycles. The zero-order valence-corrected chi connectivity index (χ0v) is 8.29. The molecule has 0 atom stereocenters. The second-order valence-corrected chi connectivity index (χ2v) is 1.55. The SMILES string of the molecule is N=C(N)ON=NOC(=N)N.O=[N+]([O-])O.O=[N+]([O-])O. The molecule has 16 heteroatoms. The summed E-state index contributed by atoms with van der Waals surface area (Å²) < 4.78 is 0. The van der Waals surface area contributed by atoms with Gasteiger partial charge in [0.1, 0.15) is 0 Å². The van der Waals surface area contributed by atoms with Gasteiger partial charge in [0.2, 0.25) is 0 Å². The Balaban J connectivity index is -0.000000233. The van der Waals surface area contributed by atoms with Crippen LogP contribution in [0, 0.1) is 31.0 Å². The second-order valence-electron chi connectivity index (χ2n) is 1.55. The topological polar surface area (TPSA) is 270 Å². The molecule has 0 aliphatic heterocycles. The Morgan fingerprint density at radius 2 is 1.17 bits per heavy atom. The summed E-state index contributed by atoms with van der Waals surface area (Å²) in [5.41, 5.74) is 9.35. The molecule has 0 aromatic heterocycles. The average Bonchev–Trinajstić information content (AvgIpc) is 2.09. The first-order valence-electron chi connectivity index (χ1n) is 3.18. The lowest BCUT2D eigenvalue weighted by Gasteiger charge is -1.89. The van der Waals surface area contributed by atoms with Gasteiger partial charge in [0.25, 0.3) is 10.2 Å². The second kappa shape index (κ2) is 13.5. The van der Waals surface area contributed by atoms with E-state index in [4.69, 9.17) is 41.5 Å². The highest BCUT2D eigenvalue weighted by Crippen LogP contribution is 1.78. The number of rotatable bonds is 2. The van der Waals surface area contributed by atoms with Crippen LogP contribution in [0.1, 0.15) is 0 Å². The highest BCUT2D eigenvalue weighted by atomic mass is 16.9. The zero-order chi connectivity index (χ0) is 15.1. The fourth-order valence-corrected chi connectivity index (χ4v) is 0.121. The van der Waals surface area contributed by atoms with E-state index in [0.717, 1.165) is 0 Å². The first-order chi connectivity index (χ1) is 8.09. The monoisotopic (exact) mass is 272 g/mol. The van der Waals surface area contributed by atoms with Gasteiger partial charge in [-0.2, -0.15) is 0 Å². The molecule has 0 rings (SSSR count). The summed E-state index contributed by atoms with van der Waals surface area (Å²) in [7, 11) is 0. The van der Waals surface area contributed by atoms with Gasteiger partial charge in [0, 0.05) is 0 Å². The lowest BCUT2D eigenvalue weighted by atomic mass is 11.2. The molecule has 0 aromatic carbocycles. The highest BCUT2D eigenvalue weighted by molar-refractivity contribution is 5.67. The Bertz CT molecular complexity index is 274. The highest BCUT2D eigenvalue weighted by Gasteiger charge is 1.85. The summed E-state index contributed by atoms with van der Waals surface area (Å²) >= 11 is 0. The van der Waals surface area contributed by atoms with Crippen molar-refractivity contribution < 1.29 is 30.3 Å². The minimum atomic E-state index is -1.50. The maximum atomic E-state index is 8.36. The molecular formula is C2H8N8O8. The smallest absolute Gasteiger partial charge is 0.311 e. The molecular weight excluding hydrogens is 264 g/mol. The van der Waals surface area contributed by atoms with E-state index in [0.29, 0.717) is 0 Å². The third kappa shape index (κ3) is 133. The summed E-state index contributed by atoms with van der Waals surface area (Å²) in [6.07, 6.45) is 0. The Kier molecular flexibility index (Phi) is 15.1. The molecule has 0 amide bonds. The van der Waals surface area contributed by atoms with Crippen molar-refractivity contribution in [2.75, 3.05) is 0 Å². The number of hydrogen-bond donors (Lipinski definition) is 6. The Morgan fingerprint density at radius 1 is 1.00 bits per heavy atom. The molecule has 16 nitrogen and oxygen atoms in total. The lowest BCUT2D eigenvalue weighted by Crippen LogP contribution is -2.12. The molecule has 0 radical (unpaired) electrons. The van der Waals surface area contributed by atoms with Gasteiger partial charge >= 0.3 is 12.0 Å². The van der Waals surface area contributed by atoms with Crippen LogP contribution in [-0.4, -0.2) is 32.6 Å². The molecule has 0 spiro atoms. The van der Waals surface area contributed by atoms with Crippen molar-refractivity contribution in [1.82, 2.24) is 0 Å². The van der Waals surface area contributed by atoms with Crippen LogP contribution >= 0.6 is 0 Å². The standard InChI is InChI=1S/C2H6N6O2.2HNO3/c3-1(4)9-7-8-10-2(5)6;2*2-1(3)4/h(H3,3,4)(H3,5,6);2*(H,2,3,4). The van der Waals surface area contributed by atoms with Crippen LogP contribution in [0.4, 0.5) is 0 Å². The predicted octanol–water partition coefficient (Wildman–Crippen LogP) is -1.61. The van der Waals surface area contributed by atoms with Crippen molar-refractivity contribution in [3.63, 3.8) is 0 Å². The van der Waals surface area contributed by atoms with Crippen molar-refractivity contribution >= 4 is 12.0 Å². The third-order valence-electron chi connectivity index (χ3n) is 0.312. The van der Waals surface area contributed by atoms with Crippen LogP contribution in [0.25, 0.3) is 0 Å². The molecule has 0 aromatic rings. The van der Waals surface area contributed by atoms with Crippen LogP contribution in [-0.2, 0) is 9.68 Å². The summed E-state index contributed by atoms with van der Waals surface area (Å²) in [6.45, 7) is 0. The van der Waals surface area contributed by atoms with E-state index >= 15 is 0 Å². The van der Waals surface area contributed by atoms with Crippen molar-refractivity contribution in [3.8, 4) is 0 Å². The fraction of sp³-hybridized carbons (Fsp3) is 0. The molecule has 0 aliphatic carbocycles. The maximum Gasteiger partial charge on any atom is 0.311 e. The van der Waals surface area contributed by atoms with E-state index in [1.807, 2.05) is 0 Å². The summed E-state index contributed by atoms with van der Waals surface area (Å²) in [6, 6.07) is -1.26. The molecule has 8 N–H and O–H groups in total. The number of nitrogens with two attached hydrogens (primary N) is 2. The van der Waals surface area contributed by atoms with Gasteiger partial charge in [-0.25, -0.2) is 10.8 Å². The van der Waals surface area contributed by atoms with Crippen LogP contribution in [0.3, 0.4) is 0 Å². The van der Waals surface area contributed by atoms with Crippen molar-refractivity contribution in [3.05, 3.63) is 20.2 Å². The minimum absolute atomic E-state index is 0.629. The maximum absolute atomic E-state index is 8.36. The van der Waals surface area contributed by atoms with Gasteiger partial charge in [-0.05, 0) is 0 Å². The quantitative estimate of drug-likeness (QED) is 0.110. The van der Waals surface area contributed by atoms with Crippen molar-refractivity contribution in [2.45, 2.75) is 0 Å². The van der Waals surface area contributed by atoms with E-state index in [1.165, 1.54) is 0 Å². The normalized spacial score (nSPS) is 7.78. The summed E-state index contributed by atoms with van der Waals surface area (Å²) in [4.78, 5) is 24.6. The molecule has 0 heterocycles. The molecule has 0 fully saturated rings. The molecule has 0 saturated carbocycles. The van der Waals surface area contributed by atoms with Gasteiger partial charge in [-0.15, -0.1) is 20.2 Å². The van der Waals surface area contributed by atoms with E-state index < -0.39 is 22.2 Å². The number of amidine groups is 2. The van der Waals surface area contributed by atoms with Gasteiger partial charge in [-0.3, -0.25) is 9.68 Å². The molecule has 104 valence electrons. The first-order valence-corrected chi connectivity index (χ1v) is 3.18.